The third-order valence-electron chi connectivity index (χ3n) is 4.03. The fourth-order valence-electron chi connectivity index (χ4n) is 2.84. The summed E-state index contributed by atoms with van der Waals surface area (Å²) in [5.41, 5.74) is 1.63. The molecule has 0 unspecified atom stereocenters. The molecule has 2 aromatic carbocycles. The van der Waals surface area contributed by atoms with Gasteiger partial charge in [0.2, 0.25) is 0 Å². The molecule has 0 radical (unpaired) electrons. The van der Waals surface area contributed by atoms with Crippen LogP contribution in [0.2, 0.25) is 0 Å². The zero-order chi connectivity index (χ0) is 19.5. The highest BCUT2D eigenvalue weighted by molar-refractivity contribution is 5.89. The molecule has 2 heterocycles. The van der Waals surface area contributed by atoms with Gasteiger partial charge in [0, 0.05) is 23.5 Å². The Morgan fingerprint density at radius 3 is 2.32 bits per heavy atom. The quantitative estimate of drug-likeness (QED) is 0.617. The van der Waals surface area contributed by atoms with Crippen LogP contribution < -0.4 is 20.1 Å². The number of anilines is 4. The first-order valence-electron chi connectivity index (χ1n) is 8.69. The molecule has 4 rings (SSSR count). The number of rotatable bonds is 5. The second-order valence-electron chi connectivity index (χ2n) is 6.18. The van der Waals surface area contributed by atoms with Crippen LogP contribution in [0.4, 0.5) is 23.0 Å². The minimum atomic E-state index is -0.983. The van der Waals surface area contributed by atoms with Crippen LogP contribution in [0.5, 0.6) is 11.5 Å². The lowest BCUT2D eigenvalue weighted by Gasteiger charge is -2.19. The Morgan fingerprint density at radius 2 is 1.61 bits per heavy atom. The van der Waals surface area contributed by atoms with E-state index >= 15 is 0 Å². The number of carboxylic acid groups (broad SMARTS) is 1. The molecule has 1 aliphatic rings. The maximum atomic E-state index is 11.1. The normalized spacial score (nSPS) is 12.3. The van der Waals surface area contributed by atoms with Gasteiger partial charge in [-0.1, -0.05) is 6.07 Å². The van der Waals surface area contributed by atoms with Crippen molar-refractivity contribution in [2.24, 2.45) is 0 Å². The summed E-state index contributed by atoms with van der Waals surface area (Å²) in [5, 5.41) is 15.5. The molecule has 0 bridgehead atoms. The van der Waals surface area contributed by atoms with Crippen molar-refractivity contribution in [3.63, 3.8) is 0 Å². The number of aryl methyl sites for hydroxylation is 1. The summed E-state index contributed by atoms with van der Waals surface area (Å²) in [6, 6.07) is 13.9. The maximum absolute atomic E-state index is 11.1. The number of hydrogen-bond acceptors (Lipinski definition) is 7. The predicted molar refractivity (Wildman–Crippen MR) is 104 cm³/mol. The molecule has 28 heavy (non-hydrogen) atoms. The Hall–Kier alpha value is -3.81. The van der Waals surface area contributed by atoms with Crippen molar-refractivity contribution in [2.75, 3.05) is 23.8 Å². The second-order valence-corrected chi connectivity index (χ2v) is 6.18. The lowest BCUT2D eigenvalue weighted by Crippen LogP contribution is -2.15. The Balaban J connectivity index is 1.55. The van der Waals surface area contributed by atoms with E-state index in [0.717, 1.165) is 11.4 Å². The van der Waals surface area contributed by atoms with Crippen LogP contribution in [0.1, 0.15) is 16.2 Å². The number of fused-ring (bicyclic) bond motifs is 1. The number of hydrogen-bond donors (Lipinski definition) is 3. The van der Waals surface area contributed by atoms with Gasteiger partial charge in [0.25, 0.3) is 0 Å². The molecule has 142 valence electrons. The maximum Gasteiger partial charge on any atom is 0.335 e. The summed E-state index contributed by atoms with van der Waals surface area (Å²) in [5.74, 6) is 2.14. The number of ether oxygens (including phenoxy) is 2. The number of nitrogens with one attached hydrogen (secondary N) is 2. The molecule has 0 saturated carbocycles. The molecular weight excluding hydrogens is 360 g/mol. The van der Waals surface area contributed by atoms with E-state index in [-0.39, 0.29) is 5.56 Å². The minimum absolute atomic E-state index is 0.199. The summed E-state index contributed by atoms with van der Waals surface area (Å²) in [6.45, 7) is 2.85. The topological polar surface area (TPSA) is 106 Å². The standard InChI is InChI=1S/C20H18N4O4/c1-12-21-18(23-14-4-2-3-13(9-14)20(25)26)11-19(22-12)24-15-5-6-16-17(10-15)28-8-7-27-16/h2-6,9-11H,7-8H2,1H3,(H,25,26)(H2,21,22,23,24). The first-order valence-corrected chi connectivity index (χ1v) is 8.69. The zero-order valence-electron chi connectivity index (χ0n) is 15.1. The van der Waals surface area contributed by atoms with Gasteiger partial charge in [-0.15, -0.1) is 0 Å². The van der Waals surface area contributed by atoms with Crippen molar-refractivity contribution in [2.45, 2.75) is 6.92 Å². The summed E-state index contributed by atoms with van der Waals surface area (Å²) in [4.78, 5) is 19.9. The molecule has 0 fully saturated rings. The molecule has 3 aromatic rings. The van der Waals surface area contributed by atoms with E-state index in [0.29, 0.717) is 42.1 Å². The molecule has 0 atom stereocenters. The molecule has 3 N–H and O–H groups in total. The average molecular weight is 378 g/mol. The molecule has 0 aliphatic carbocycles. The number of carbonyl (C=O) groups is 1. The van der Waals surface area contributed by atoms with Crippen LogP contribution >= 0.6 is 0 Å². The van der Waals surface area contributed by atoms with E-state index in [1.54, 1.807) is 31.2 Å². The summed E-state index contributed by atoms with van der Waals surface area (Å²) in [6.07, 6.45) is 0. The summed E-state index contributed by atoms with van der Waals surface area (Å²) >= 11 is 0. The van der Waals surface area contributed by atoms with E-state index < -0.39 is 5.97 Å². The van der Waals surface area contributed by atoms with Gasteiger partial charge < -0.3 is 25.2 Å². The van der Waals surface area contributed by atoms with Gasteiger partial charge >= 0.3 is 5.97 Å². The second kappa shape index (κ2) is 7.43. The largest absolute Gasteiger partial charge is 0.486 e. The van der Waals surface area contributed by atoms with Gasteiger partial charge in [-0.05, 0) is 37.3 Å². The van der Waals surface area contributed by atoms with E-state index in [4.69, 9.17) is 14.6 Å². The Morgan fingerprint density at radius 1 is 0.929 bits per heavy atom. The van der Waals surface area contributed by atoms with Crippen molar-refractivity contribution in [3.8, 4) is 11.5 Å². The third-order valence-corrected chi connectivity index (χ3v) is 4.03. The van der Waals surface area contributed by atoms with Crippen LogP contribution in [0, 0.1) is 6.92 Å². The van der Waals surface area contributed by atoms with Gasteiger partial charge in [-0.3, -0.25) is 0 Å². The van der Waals surface area contributed by atoms with Gasteiger partial charge in [-0.2, -0.15) is 0 Å². The zero-order valence-corrected chi connectivity index (χ0v) is 15.1. The first-order chi connectivity index (χ1) is 13.6. The summed E-state index contributed by atoms with van der Waals surface area (Å²) < 4.78 is 11.1. The molecule has 8 heteroatoms. The van der Waals surface area contributed by atoms with Gasteiger partial charge in [0.05, 0.1) is 5.56 Å². The van der Waals surface area contributed by atoms with Crippen LogP contribution in [-0.4, -0.2) is 34.3 Å². The number of carboxylic acids is 1. The molecule has 1 aromatic heterocycles. The molecule has 0 spiro atoms. The van der Waals surface area contributed by atoms with Crippen molar-refractivity contribution in [3.05, 3.63) is 59.9 Å². The number of benzene rings is 2. The van der Waals surface area contributed by atoms with Crippen molar-refractivity contribution < 1.29 is 19.4 Å². The van der Waals surface area contributed by atoms with E-state index in [1.165, 1.54) is 6.07 Å². The Bertz CT molecular complexity index is 1040. The highest BCUT2D eigenvalue weighted by atomic mass is 16.6. The molecular formula is C20H18N4O4. The Kier molecular flexibility index (Phi) is 4.67. The molecule has 8 nitrogen and oxygen atoms in total. The average Bonchev–Trinajstić information content (AvgIpc) is 2.67. The lowest BCUT2D eigenvalue weighted by atomic mass is 10.2. The van der Waals surface area contributed by atoms with Gasteiger partial charge in [0.1, 0.15) is 30.7 Å². The highest BCUT2D eigenvalue weighted by Gasteiger charge is 2.12. The lowest BCUT2D eigenvalue weighted by molar-refractivity contribution is 0.0697. The SMILES string of the molecule is Cc1nc(Nc2cccc(C(=O)O)c2)cc(Nc2ccc3c(c2)OCCO3)n1. The summed E-state index contributed by atoms with van der Waals surface area (Å²) in [7, 11) is 0. The Labute approximate surface area is 161 Å². The smallest absolute Gasteiger partial charge is 0.335 e. The minimum Gasteiger partial charge on any atom is -0.486 e. The van der Waals surface area contributed by atoms with Gasteiger partial charge in [-0.25, -0.2) is 14.8 Å². The van der Waals surface area contributed by atoms with E-state index in [1.807, 2.05) is 18.2 Å². The van der Waals surface area contributed by atoms with Crippen molar-refractivity contribution >= 4 is 29.0 Å². The molecule has 1 aliphatic heterocycles. The fraction of sp³-hybridized carbons (Fsp3) is 0.150. The molecule has 0 saturated heterocycles. The molecule has 0 amide bonds. The predicted octanol–water partition coefficient (Wildman–Crippen LogP) is 3.74. The van der Waals surface area contributed by atoms with Crippen LogP contribution in [0.3, 0.4) is 0 Å². The first kappa shape index (κ1) is 17.6. The highest BCUT2D eigenvalue weighted by Crippen LogP contribution is 2.33. The van der Waals surface area contributed by atoms with Crippen LogP contribution in [-0.2, 0) is 0 Å². The van der Waals surface area contributed by atoms with Crippen molar-refractivity contribution in [1.29, 1.82) is 0 Å². The number of nitrogens with zero attached hydrogens (tertiary/aromatic N) is 2. The monoisotopic (exact) mass is 378 g/mol. The van der Waals surface area contributed by atoms with Crippen LogP contribution in [0.15, 0.2) is 48.5 Å². The van der Waals surface area contributed by atoms with Crippen LogP contribution in [0.25, 0.3) is 0 Å². The van der Waals surface area contributed by atoms with E-state index in [2.05, 4.69) is 20.6 Å². The van der Waals surface area contributed by atoms with Crippen molar-refractivity contribution in [1.82, 2.24) is 9.97 Å². The van der Waals surface area contributed by atoms with E-state index in [9.17, 15) is 4.79 Å². The fourth-order valence-corrected chi connectivity index (χ4v) is 2.84. The number of aromatic carboxylic acids is 1. The van der Waals surface area contributed by atoms with Gasteiger partial charge in [0.15, 0.2) is 11.5 Å². The third kappa shape index (κ3) is 3.96. The number of aromatic nitrogens is 2.